The van der Waals surface area contributed by atoms with Gasteiger partial charge in [0.1, 0.15) is 5.00 Å². The first-order valence-electron chi connectivity index (χ1n) is 8.90. The van der Waals surface area contributed by atoms with Gasteiger partial charge in [-0.25, -0.2) is 4.68 Å². The second kappa shape index (κ2) is 6.17. The third-order valence-electron chi connectivity index (χ3n) is 4.69. The van der Waals surface area contributed by atoms with E-state index in [1.807, 2.05) is 41.5 Å². The maximum Gasteiger partial charge on any atom is 0.269 e. The van der Waals surface area contributed by atoms with Gasteiger partial charge in [0.25, 0.3) is 11.8 Å². The molecule has 2 aromatic rings. The third-order valence-corrected chi connectivity index (χ3v) is 6.20. The minimum absolute atomic E-state index is 0.0751. The second-order valence-corrected chi connectivity index (χ2v) is 9.39. The van der Waals surface area contributed by atoms with Gasteiger partial charge in [-0.2, -0.15) is 5.10 Å². The summed E-state index contributed by atoms with van der Waals surface area (Å²) >= 11 is 1.43. The number of amides is 2. The quantitative estimate of drug-likeness (QED) is 0.835. The zero-order valence-corrected chi connectivity index (χ0v) is 17.4. The van der Waals surface area contributed by atoms with E-state index in [0.717, 1.165) is 16.1 Å². The fourth-order valence-corrected chi connectivity index (χ4v) is 5.14. The van der Waals surface area contributed by atoms with Crippen LogP contribution in [0.15, 0.2) is 6.07 Å². The number of nitrogens with two attached hydrogens (primary N) is 2. The zero-order valence-electron chi connectivity index (χ0n) is 16.5. The Bertz CT molecular complexity index is 937. The molecule has 2 amide bonds. The summed E-state index contributed by atoms with van der Waals surface area (Å²) < 4.78 is 7.88. The number of carbonyl (C=O) groups excluding carboxylic acids is 2. The minimum atomic E-state index is -0.609. The van der Waals surface area contributed by atoms with Crippen molar-refractivity contribution in [1.29, 1.82) is 0 Å². The van der Waals surface area contributed by atoms with Gasteiger partial charge >= 0.3 is 0 Å². The molecule has 7 nitrogen and oxygen atoms in total. The topological polar surface area (TPSA) is 113 Å². The van der Waals surface area contributed by atoms with Crippen LogP contribution in [0.25, 0.3) is 5.00 Å². The monoisotopic (exact) mass is 390 g/mol. The molecular weight excluding hydrogens is 364 g/mol. The number of ether oxygens (including phenoxy) is 1. The van der Waals surface area contributed by atoms with Crippen LogP contribution in [0, 0.1) is 0 Å². The minimum Gasteiger partial charge on any atom is -0.365 e. The highest BCUT2D eigenvalue weighted by Crippen LogP contribution is 2.47. The van der Waals surface area contributed by atoms with Gasteiger partial charge in [0.05, 0.1) is 16.8 Å². The Labute approximate surface area is 162 Å². The maximum atomic E-state index is 12.4. The number of primary amides is 2. The van der Waals surface area contributed by atoms with E-state index in [0.29, 0.717) is 17.0 Å². The van der Waals surface area contributed by atoms with Crippen molar-refractivity contribution < 1.29 is 14.3 Å². The first kappa shape index (κ1) is 19.6. The zero-order chi connectivity index (χ0) is 20.3. The molecule has 27 heavy (non-hydrogen) atoms. The van der Waals surface area contributed by atoms with Crippen molar-refractivity contribution in [3.63, 3.8) is 0 Å². The molecule has 8 heteroatoms. The van der Waals surface area contributed by atoms with E-state index in [1.54, 1.807) is 10.7 Å². The largest absolute Gasteiger partial charge is 0.365 e. The summed E-state index contributed by atoms with van der Waals surface area (Å²) in [4.78, 5) is 25.0. The Kier molecular flexibility index (Phi) is 4.47. The Morgan fingerprint density at radius 2 is 1.85 bits per heavy atom. The van der Waals surface area contributed by atoms with Crippen LogP contribution in [0.1, 0.15) is 84.4 Å². The highest BCUT2D eigenvalue weighted by atomic mass is 32.1. The van der Waals surface area contributed by atoms with Crippen molar-refractivity contribution in [1.82, 2.24) is 9.78 Å². The molecule has 0 aliphatic carbocycles. The fraction of sp³-hybridized carbons (Fsp3) is 0.526. The first-order chi connectivity index (χ1) is 12.3. The van der Waals surface area contributed by atoms with Crippen molar-refractivity contribution in [3.05, 3.63) is 33.5 Å². The van der Waals surface area contributed by atoms with Crippen LogP contribution >= 0.6 is 11.3 Å². The summed E-state index contributed by atoms with van der Waals surface area (Å²) in [6.45, 7) is 12.0. The van der Waals surface area contributed by atoms with Gasteiger partial charge in [-0.05, 0) is 45.2 Å². The van der Waals surface area contributed by atoms with Gasteiger partial charge in [-0.1, -0.05) is 13.8 Å². The molecule has 0 spiro atoms. The molecule has 0 atom stereocenters. The molecule has 4 N–H and O–H groups in total. The SMILES string of the molecule is CC(C)c1cc(C(N)=O)nn1-c1sc2c(c1C(N)=O)CC(C)(C)OC2(C)C. The predicted molar refractivity (Wildman–Crippen MR) is 104 cm³/mol. The van der Waals surface area contributed by atoms with E-state index in [9.17, 15) is 9.59 Å². The van der Waals surface area contributed by atoms with E-state index in [1.165, 1.54) is 11.3 Å². The van der Waals surface area contributed by atoms with Crippen molar-refractivity contribution in [2.24, 2.45) is 11.5 Å². The van der Waals surface area contributed by atoms with Crippen LogP contribution in [0.5, 0.6) is 0 Å². The lowest BCUT2D eigenvalue weighted by atomic mass is 9.86. The van der Waals surface area contributed by atoms with E-state index in [-0.39, 0.29) is 11.6 Å². The molecule has 1 aliphatic heterocycles. The van der Waals surface area contributed by atoms with Gasteiger partial charge in [0.15, 0.2) is 5.69 Å². The van der Waals surface area contributed by atoms with E-state index in [4.69, 9.17) is 16.2 Å². The Balaban J connectivity index is 2.32. The molecule has 3 rings (SSSR count). The van der Waals surface area contributed by atoms with Crippen molar-refractivity contribution in [3.8, 4) is 5.00 Å². The Morgan fingerprint density at radius 1 is 1.22 bits per heavy atom. The van der Waals surface area contributed by atoms with Gasteiger partial charge < -0.3 is 16.2 Å². The van der Waals surface area contributed by atoms with Crippen LogP contribution in [0.3, 0.4) is 0 Å². The summed E-state index contributed by atoms with van der Waals surface area (Å²) in [7, 11) is 0. The molecular formula is C19H26N4O3S. The molecule has 1 aliphatic rings. The number of carbonyl (C=O) groups is 2. The smallest absolute Gasteiger partial charge is 0.269 e. The van der Waals surface area contributed by atoms with Crippen molar-refractivity contribution in [2.45, 2.75) is 65.1 Å². The number of thiophene rings is 1. The van der Waals surface area contributed by atoms with Gasteiger partial charge in [-0.3, -0.25) is 9.59 Å². The normalized spacial score (nSPS) is 17.7. The number of hydrogen-bond donors (Lipinski definition) is 2. The molecule has 0 radical (unpaired) electrons. The summed E-state index contributed by atoms with van der Waals surface area (Å²) in [6.07, 6.45) is 0.571. The first-order valence-corrected chi connectivity index (χ1v) is 9.72. The standard InChI is InChI=1S/C19H26N4O3S/c1-9(2)12-7-11(15(20)24)22-23(12)17-13(16(21)25)10-8-18(3,4)26-19(5,6)14(10)27-17/h7,9H,8H2,1-6H3,(H2,20,24)(H2,21,25). The summed E-state index contributed by atoms with van der Waals surface area (Å²) in [6, 6.07) is 1.67. The highest BCUT2D eigenvalue weighted by Gasteiger charge is 2.43. The highest BCUT2D eigenvalue weighted by molar-refractivity contribution is 7.15. The number of rotatable bonds is 4. The second-order valence-electron chi connectivity index (χ2n) is 8.39. The van der Waals surface area contributed by atoms with E-state index >= 15 is 0 Å². The molecule has 2 aromatic heterocycles. The lowest BCUT2D eigenvalue weighted by molar-refractivity contribution is -0.135. The average Bonchev–Trinajstić information content (AvgIpc) is 3.06. The fourth-order valence-electron chi connectivity index (χ4n) is 3.80. The molecule has 3 heterocycles. The molecule has 0 unspecified atom stereocenters. The Hall–Kier alpha value is -2.19. The Morgan fingerprint density at radius 3 is 2.37 bits per heavy atom. The number of fused-ring (bicyclic) bond motifs is 1. The van der Waals surface area contributed by atoms with Crippen LogP contribution in [0.2, 0.25) is 0 Å². The molecule has 146 valence electrons. The van der Waals surface area contributed by atoms with Gasteiger partial charge in [0, 0.05) is 17.0 Å². The maximum absolute atomic E-state index is 12.4. The van der Waals surface area contributed by atoms with Crippen LogP contribution in [-0.4, -0.2) is 27.2 Å². The number of aromatic nitrogens is 2. The third kappa shape index (κ3) is 3.27. The van der Waals surface area contributed by atoms with Gasteiger partial charge in [-0.15, -0.1) is 11.3 Å². The number of hydrogen-bond acceptors (Lipinski definition) is 5. The van der Waals surface area contributed by atoms with Crippen molar-refractivity contribution >= 4 is 23.2 Å². The number of nitrogens with zero attached hydrogens (tertiary/aromatic N) is 2. The van der Waals surface area contributed by atoms with E-state index < -0.39 is 23.0 Å². The van der Waals surface area contributed by atoms with Gasteiger partial charge in [0.2, 0.25) is 0 Å². The van der Waals surface area contributed by atoms with E-state index in [2.05, 4.69) is 5.10 Å². The molecule has 0 saturated heterocycles. The summed E-state index contributed by atoms with van der Waals surface area (Å²) in [5.41, 5.74) is 12.5. The molecule has 0 fully saturated rings. The van der Waals surface area contributed by atoms with Crippen molar-refractivity contribution in [2.75, 3.05) is 0 Å². The summed E-state index contributed by atoms with van der Waals surface area (Å²) in [5.74, 6) is -1.05. The average molecular weight is 391 g/mol. The lowest BCUT2D eigenvalue weighted by Gasteiger charge is -2.41. The predicted octanol–water partition coefficient (Wildman–Crippen LogP) is 2.84. The summed E-state index contributed by atoms with van der Waals surface area (Å²) in [5, 5.41) is 4.99. The molecule has 0 bridgehead atoms. The van der Waals surface area contributed by atoms with Crippen LogP contribution < -0.4 is 11.5 Å². The van der Waals surface area contributed by atoms with Crippen LogP contribution in [-0.2, 0) is 16.8 Å². The van der Waals surface area contributed by atoms with Crippen LogP contribution in [0.4, 0.5) is 0 Å². The molecule has 0 saturated carbocycles. The lowest BCUT2D eigenvalue weighted by Crippen LogP contribution is -2.42. The molecule has 0 aromatic carbocycles.